The van der Waals surface area contributed by atoms with Gasteiger partial charge in [-0.1, -0.05) is 48.9 Å². The summed E-state index contributed by atoms with van der Waals surface area (Å²) >= 11 is 6.31. The van der Waals surface area contributed by atoms with E-state index in [2.05, 4.69) is 35.1 Å². The lowest BCUT2D eigenvalue weighted by Gasteiger charge is -2.21. The predicted molar refractivity (Wildman–Crippen MR) is 142 cm³/mol. The molecule has 3 aromatic carbocycles. The van der Waals surface area contributed by atoms with Crippen LogP contribution in [0.4, 0.5) is 4.39 Å². The van der Waals surface area contributed by atoms with Crippen LogP contribution in [0.3, 0.4) is 0 Å². The molecule has 2 heterocycles. The van der Waals surface area contributed by atoms with Crippen LogP contribution in [0.5, 0.6) is 0 Å². The van der Waals surface area contributed by atoms with Crippen LogP contribution in [0.1, 0.15) is 59.8 Å². The minimum Gasteiger partial charge on any atom is -0.361 e. The average Bonchev–Trinajstić information content (AvgIpc) is 3.48. The zero-order chi connectivity index (χ0) is 25.1. The summed E-state index contributed by atoms with van der Waals surface area (Å²) in [6.45, 7) is 5.10. The van der Waals surface area contributed by atoms with E-state index < -0.39 is 0 Å². The zero-order valence-corrected chi connectivity index (χ0v) is 21.1. The van der Waals surface area contributed by atoms with Gasteiger partial charge in [-0.3, -0.25) is 0 Å². The Morgan fingerprint density at radius 3 is 2.69 bits per heavy atom. The molecule has 0 spiro atoms. The van der Waals surface area contributed by atoms with Crippen molar-refractivity contribution in [3.8, 4) is 6.07 Å². The number of aromatic amines is 1. The van der Waals surface area contributed by atoms with Gasteiger partial charge >= 0.3 is 0 Å². The standard InChI is InChI=1S/C30H29ClFN3O/c1-2-35(16-14-22-19-34-29-24(22)5-3-6-27(29)31)15-4-7-28-26-17-20(18-33)8-13-25(26)30(36-28)21-9-11-23(32)12-10-21/h3,5-6,8-13,17,19,28,30,34H,2,4,7,14-16H2,1H3. The molecular weight excluding hydrogens is 473 g/mol. The molecule has 0 radical (unpaired) electrons. The van der Waals surface area contributed by atoms with Crippen molar-refractivity contribution < 1.29 is 9.13 Å². The summed E-state index contributed by atoms with van der Waals surface area (Å²) in [5, 5.41) is 11.4. The van der Waals surface area contributed by atoms with Crippen LogP contribution in [-0.4, -0.2) is 29.5 Å². The number of aromatic nitrogens is 1. The third kappa shape index (κ3) is 5.03. The number of rotatable bonds is 9. The number of likely N-dealkylation sites (N-methyl/N-ethyl adjacent to an activating group) is 1. The van der Waals surface area contributed by atoms with Gasteiger partial charge in [0.25, 0.3) is 0 Å². The summed E-state index contributed by atoms with van der Waals surface area (Å²) in [4.78, 5) is 5.77. The SMILES string of the molecule is CCN(CCCC1OC(c2ccc(F)cc2)c2ccc(C#N)cc21)CCc1c[nH]c2c(Cl)cccc12. The second kappa shape index (κ2) is 10.8. The lowest BCUT2D eigenvalue weighted by molar-refractivity contribution is 0.0258. The Bertz CT molecular complexity index is 1390. The Hall–Kier alpha value is -3.17. The smallest absolute Gasteiger partial charge is 0.123 e. The number of benzene rings is 3. The lowest BCUT2D eigenvalue weighted by atomic mass is 9.94. The molecule has 0 saturated carbocycles. The number of hydrogen-bond acceptors (Lipinski definition) is 3. The van der Waals surface area contributed by atoms with Gasteiger partial charge in [-0.2, -0.15) is 5.26 Å². The van der Waals surface area contributed by atoms with E-state index in [0.717, 1.165) is 66.1 Å². The second-order valence-electron chi connectivity index (χ2n) is 9.31. The summed E-state index contributed by atoms with van der Waals surface area (Å²) in [6.07, 6.45) is 4.53. The molecule has 2 unspecified atom stereocenters. The molecule has 36 heavy (non-hydrogen) atoms. The minimum absolute atomic E-state index is 0.0854. The van der Waals surface area contributed by atoms with Gasteiger partial charge in [0, 0.05) is 18.1 Å². The first kappa shape index (κ1) is 24.5. The summed E-state index contributed by atoms with van der Waals surface area (Å²) in [7, 11) is 0. The van der Waals surface area contributed by atoms with Crippen LogP contribution in [0.25, 0.3) is 10.9 Å². The number of nitrogens with one attached hydrogen (secondary N) is 1. The molecule has 2 atom stereocenters. The van der Waals surface area contributed by atoms with Gasteiger partial charge in [0.1, 0.15) is 11.9 Å². The van der Waals surface area contributed by atoms with Crippen molar-refractivity contribution in [2.75, 3.05) is 19.6 Å². The summed E-state index contributed by atoms with van der Waals surface area (Å²) in [6, 6.07) is 20.5. The number of para-hydroxylation sites is 1. The van der Waals surface area contributed by atoms with Gasteiger partial charge in [0.2, 0.25) is 0 Å². The Balaban J connectivity index is 1.23. The van der Waals surface area contributed by atoms with Gasteiger partial charge in [-0.05, 0) is 84.9 Å². The highest BCUT2D eigenvalue weighted by Gasteiger charge is 2.32. The highest BCUT2D eigenvalue weighted by molar-refractivity contribution is 6.35. The van der Waals surface area contributed by atoms with E-state index in [1.54, 1.807) is 12.1 Å². The predicted octanol–water partition coefficient (Wildman–Crippen LogP) is 7.34. The largest absolute Gasteiger partial charge is 0.361 e. The van der Waals surface area contributed by atoms with Crippen LogP contribution in [0, 0.1) is 17.1 Å². The van der Waals surface area contributed by atoms with Crippen molar-refractivity contribution in [2.24, 2.45) is 0 Å². The monoisotopic (exact) mass is 501 g/mol. The van der Waals surface area contributed by atoms with Crippen LogP contribution in [-0.2, 0) is 11.2 Å². The molecule has 0 aliphatic carbocycles. The van der Waals surface area contributed by atoms with Crippen LogP contribution < -0.4 is 0 Å². The van der Waals surface area contributed by atoms with Crippen molar-refractivity contribution in [1.82, 2.24) is 9.88 Å². The fourth-order valence-corrected chi connectivity index (χ4v) is 5.41. The lowest BCUT2D eigenvalue weighted by Crippen LogP contribution is -2.27. The maximum Gasteiger partial charge on any atom is 0.123 e. The fraction of sp³-hybridized carbons (Fsp3) is 0.300. The number of nitriles is 1. The highest BCUT2D eigenvalue weighted by atomic mass is 35.5. The molecule has 6 heteroatoms. The number of ether oxygens (including phenoxy) is 1. The van der Waals surface area contributed by atoms with Crippen molar-refractivity contribution in [1.29, 1.82) is 5.26 Å². The fourth-order valence-electron chi connectivity index (χ4n) is 5.18. The second-order valence-corrected chi connectivity index (χ2v) is 9.72. The van der Waals surface area contributed by atoms with E-state index >= 15 is 0 Å². The molecule has 4 nitrogen and oxygen atoms in total. The Kier molecular flexibility index (Phi) is 7.38. The van der Waals surface area contributed by atoms with Crippen molar-refractivity contribution >= 4 is 22.5 Å². The number of nitrogens with zero attached hydrogens (tertiary/aromatic N) is 2. The molecule has 1 aromatic heterocycles. The van der Waals surface area contributed by atoms with Gasteiger partial charge in [0.05, 0.1) is 28.3 Å². The number of H-pyrrole nitrogens is 1. The quantitative estimate of drug-likeness (QED) is 0.261. The molecule has 1 N–H and O–H groups in total. The normalized spacial score (nSPS) is 17.0. The summed E-state index contributed by atoms with van der Waals surface area (Å²) < 4.78 is 20.0. The third-order valence-corrected chi connectivity index (χ3v) is 7.47. The maximum atomic E-state index is 13.5. The topological polar surface area (TPSA) is 52.0 Å². The Labute approximate surface area is 216 Å². The van der Waals surface area contributed by atoms with Crippen LogP contribution in [0.2, 0.25) is 5.02 Å². The van der Waals surface area contributed by atoms with Crippen LogP contribution in [0.15, 0.2) is 66.9 Å². The number of hydrogen-bond donors (Lipinski definition) is 1. The maximum absolute atomic E-state index is 13.5. The molecule has 0 saturated heterocycles. The van der Waals surface area contributed by atoms with Gasteiger partial charge in [-0.25, -0.2) is 4.39 Å². The molecule has 4 aromatic rings. The zero-order valence-electron chi connectivity index (χ0n) is 20.3. The number of halogens is 2. The Morgan fingerprint density at radius 2 is 1.92 bits per heavy atom. The minimum atomic E-state index is -0.260. The first-order chi connectivity index (χ1) is 17.6. The van der Waals surface area contributed by atoms with E-state index in [-0.39, 0.29) is 18.0 Å². The molecule has 5 rings (SSSR count). The van der Waals surface area contributed by atoms with Crippen molar-refractivity contribution in [3.63, 3.8) is 0 Å². The van der Waals surface area contributed by atoms with E-state index in [9.17, 15) is 9.65 Å². The molecular formula is C30H29ClFN3O. The molecule has 184 valence electrons. The van der Waals surface area contributed by atoms with Gasteiger partial charge in [-0.15, -0.1) is 0 Å². The van der Waals surface area contributed by atoms with Crippen molar-refractivity contribution in [2.45, 2.75) is 38.4 Å². The van der Waals surface area contributed by atoms with E-state index in [4.69, 9.17) is 16.3 Å². The third-order valence-electron chi connectivity index (χ3n) is 7.15. The van der Waals surface area contributed by atoms with E-state index in [0.29, 0.717) is 5.56 Å². The first-order valence-corrected chi connectivity index (χ1v) is 12.9. The van der Waals surface area contributed by atoms with Crippen molar-refractivity contribution in [3.05, 3.63) is 106 Å². The van der Waals surface area contributed by atoms with Crippen LogP contribution >= 0.6 is 11.6 Å². The highest BCUT2D eigenvalue weighted by Crippen LogP contribution is 2.45. The number of fused-ring (bicyclic) bond motifs is 2. The summed E-state index contributed by atoms with van der Waals surface area (Å²) in [5.41, 5.74) is 5.99. The molecule has 0 fully saturated rings. The molecule has 1 aliphatic heterocycles. The van der Waals surface area contributed by atoms with E-state index in [1.165, 1.54) is 23.1 Å². The summed E-state index contributed by atoms with van der Waals surface area (Å²) in [5.74, 6) is -0.260. The molecule has 0 bridgehead atoms. The van der Waals surface area contributed by atoms with Gasteiger partial charge in [0.15, 0.2) is 0 Å². The molecule has 0 amide bonds. The van der Waals surface area contributed by atoms with E-state index in [1.807, 2.05) is 30.3 Å². The average molecular weight is 502 g/mol. The molecule has 1 aliphatic rings. The van der Waals surface area contributed by atoms with Gasteiger partial charge < -0.3 is 14.6 Å². The first-order valence-electron chi connectivity index (χ1n) is 12.5. The Morgan fingerprint density at radius 1 is 1.08 bits per heavy atom.